The second-order valence-electron chi connectivity index (χ2n) is 2.91. The minimum absolute atomic E-state index is 0.0556. The maximum absolute atomic E-state index is 9.25. The quantitative estimate of drug-likeness (QED) is 0.850. The van der Waals surface area contributed by atoms with Crippen molar-refractivity contribution in [2.45, 2.75) is 6.92 Å². The van der Waals surface area contributed by atoms with E-state index in [0.717, 1.165) is 10.0 Å². The van der Waals surface area contributed by atoms with Crippen LogP contribution in [0.3, 0.4) is 0 Å². The minimum atomic E-state index is -0.0556. The van der Waals surface area contributed by atoms with Crippen LogP contribution in [0.4, 0.5) is 0 Å². The van der Waals surface area contributed by atoms with E-state index >= 15 is 0 Å². The molecule has 0 amide bonds. The van der Waals surface area contributed by atoms with Gasteiger partial charge >= 0.3 is 0 Å². The number of rotatable bonds is 1. The zero-order valence-electron chi connectivity index (χ0n) is 7.49. The van der Waals surface area contributed by atoms with Crippen LogP contribution >= 0.6 is 15.9 Å². The molecule has 2 aromatic rings. The molecule has 1 heterocycles. The Morgan fingerprint density at radius 1 is 1.43 bits per heavy atom. The van der Waals surface area contributed by atoms with E-state index in [2.05, 4.69) is 20.9 Å². The van der Waals surface area contributed by atoms with Gasteiger partial charge in [-0.15, -0.1) is 0 Å². The van der Waals surface area contributed by atoms with Gasteiger partial charge in [0.15, 0.2) is 5.76 Å². The molecule has 0 unspecified atom stereocenters. The molecule has 0 aliphatic rings. The zero-order valence-corrected chi connectivity index (χ0v) is 9.08. The summed E-state index contributed by atoms with van der Waals surface area (Å²) in [4.78, 5) is 3.89. The summed E-state index contributed by atoms with van der Waals surface area (Å²) in [7, 11) is 0. The number of benzene rings is 1. The Labute approximate surface area is 89.5 Å². The van der Waals surface area contributed by atoms with Crippen LogP contribution in [0.5, 0.6) is 5.88 Å². The largest absolute Gasteiger partial charge is 0.491 e. The molecule has 0 fully saturated rings. The molecule has 14 heavy (non-hydrogen) atoms. The summed E-state index contributed by atoms with van der Waals surface area (Å²) < 4.78 is 6.22. The Morgan fingerprint density at radius 3 is 2.79 bits per heavy atom. The molecular formula is C10H8BrNO2. The van der Waals surface area contributed by atoms with Crippen LogP contribution in [0, 0.1) is 6.92 Å². The molecule has 0 radical (unpaired) electrons. The Balaban J connectivity index is 2.49. The molecule has 1 N–H and O–H groups in total. The zero-order chi connectivity index (χ0) is 10.1. The maximum Gasteiger partial charge on any atom is 0.253 e. The third-order valence-electron chi connectivity index (χ3n) is 1.84. The molecule has 0 saturated carbocycles. The van der Waals surface area contributed by atoms with E-state index < -0.39 is 0 Å². The van der Waals surface area contributed by atoms with Crippen molar-refractivity contribution in [1.82, 2.24) is 4.98 Å². The molecule has 2 rings (SSSR count). The van der Waals surface area contributed by atoms with Crippen molar-refractivity contribution < 1.29 is 9.52 Å². The van der Waals surface area contributed by atoms with Crippen LogP contribution in [-0.2, 0) is 0 Å². The fraction of sp³-hybridized carbons (Fsp3) is 0.100. The Kier molecular flexibility index (Phi) is 2.29. The maximum atomic E-state index is 9.25. The Hall–Kier alpha value is -1.29. The van der Waals surface area contributed by atoms with Crippen molar-refractivity contribution >= 4 is 15.9 Å². The predicted molar refractivity (Wildman–Crippen MR) is 56.0 cm³/mol. The molecule has 1 aromatic carbocycles. The van der Waals surface area contributed by atoms with E-state index in [0.29, 0.717) is 11.7 Å². The van der Waals surface area contributed by atoms with Gasteiger partial charge in [-0.05, 0) is 25.1 Å². The topological polar surface area (TPSA) is 46.3 Å². The highest BCUT2D eigenvalue weighted by molar-refractivity contribution is 9.10. The lowest BCUT2D eigenvalue weighted by Crippen LogP contribution is -1.76. The van der Waals surface area contributed by atoms with Gasteiger partial charge in [0.2, 0.25) is 5.89 Å². The molecule has 3 nitrogen and oxygen atoms in total. The van der Waals surface area contributed by atoms with Crippen molar-refractivity contribution in [2.24, 2.45) is 0 Å². The normalized spacial score (nSPS) is 10.4. The van der Waals surface area contributed by atoms with Crippen molar-refractivity contribution in [3.8, 4) is 17.3 Å². The van der Waals surface area contributed by atoms with E-state index in [1.54, 1.807) is 6.92 Å². The highest BCUT2D eigenvalue weighted by atomic mass is 79.9. The smallest absolute Gasteiger partial charge is 0.253 e. The highest BCUT2D eigenvalue weighted by Crippen LogP contribution is 2.26. The van der Waals surface area contributed by atoms with Crippen LogP contribution in [-0.4, -0.2) is 10.1 Å². The van der Waals surface area contributed by atoms with E-state index in [1.807, 2.05) is 24.3 Å². The summed E-state index contributed by atoms with van der Waals surface area (Å²) in [5, 5.41) is 9.25. The monoisotopic (exact) mass is 253 g/mol. The molecule has 0 aliphatic carbocycles. The first-order valence-corrected chi connectivity index (χ1v) is 4.88. The van der Waals surface area contributed by atoms with Gasteiger partial charge in [-0.1, -0.05) is 22.0 Å². The standard InChI is InChI=1S/C10H8BrNO2/c1-6-9(13)12-10(14-6)7-3-2-4-8(11)5-7/h2-5,13H,1H3. The van der Waals surface area contributed by atoms with E-state index in [1.165, 1.54) is 0 Å². The fourth-order valence-electron chi connectivity index (χ4n) is 1.13. The summed E-state index contributed by atoms with van der Waals surface area (Å²) in [6.45, 7) is 1.67. The van der Waals surface area contributed by atoms with Gasteiger partial charge in [0.05, 0.1) is 0 Å². The number of oxazole rings is 1. The van der Waals surface area contributed by atoms with Crippen LogP contribution in [0.15, 0.2) is 33.2 Å². The van der Waals surface area contributed by atoms with Crippen molar-refractivity contribution in [1.29, 1.82) is 0 Å². The Morgan fingerprint density at radius 2 is 2.21 bits per heavy atom. The number of hydrogen-bond acceptors (Lipinski definition) is 3. The third-order valence-corrected chi connectivity index (χ3v) is 2.34. The number of halogens is 1. The molecule has 72 valence electrons. The minimum Gasteiger partial charge on any atom is -0.491 e. The van der Waals surface area contributed by atoms with Crippen LogP contribution in [0.2, 0.25) is 0 Å². The second-order valence-corrected chi connectivity index (χ2v) is 3.82. The molecule has 0 spiro atoms. The summed E-state index contributed by atoms with van der Waals surface area (Å²) in [6.07, 6.45) is 0. The number of aromatic nitrogens is 1. The van der Waals surface area contributed by atoms with Gasteiger partial charge < -0.3 is 9.52 Å². The summed E-state index contributed by atoms with van der Waals surface area (Å²) in [5.74, 6) is 0.807. The number of aromatic hydroxyl groups is 1. The van der Waals surface area contributed by atoms with Gasteiger partial charge in [-0.3, -0.25) is 0 Å². The average Bonchev–Trinajstić information content (AvgIpc) is 2.47. The van der Waals surface area contributed by atoms with Crippen LogP contribution in [0.1, 0.15) is 5.76 Å². The number of aryl methyl sites for hydroxylation is 1. The Bertz CT molecular complexity index is 445. The first-order valence-electron chi connectivity index (χ1n) is 4.09. The first-order chi connectivity index (χ1) is 6.66. The molecule has 0 atom stereocenters. The molecule has 4 heteroatoms. The first kappa shape index (κ1) is 9.27. The molecular weight excluding hydrogens is 246 g/mol. The van der Waals surface area contributed by atoms with E-state index in [-0.39, 0.29) is 5.88 Å². The summed E-state index contributed by atoms with van der Waals surface area (Å²) >= 11 is 3.35. The molecule has 1 aromatic heterocycles. The number of nitrogens with zero attached hydrogens (tertiary/aromatic N) is 1. The summed E-state index contributed by atoms with van der Waals surface area (Å²) in [6, 6.07) is 7.55. The van der Waals surface area contributed by atoms with E-state index in [9.17, 15) is 5.11 Å². The van der Waals surface area contributed by atoms with Gasteiger partial charge in [-0.2, -0.15) is 4.98 Å². The predicted octanol–water partition coefficient (Wildman–Crippen LogP) is 3.12. The lowest BCUT2D eigenvalue weighted by Gasteiger charge is -1.94. The van der Waals surface area contributed by atoms with Gasteiger partial charge in [0.25, 0.3) is 5.88 Å². The van der Waals surface area contributed by atoms with Crippen molar-refractivity contribution in [3.63, 3.8) is 0 Å². The molecule has 0 saturated heterocycles. The van der Waals surface area contributed by atoms with Crippen LogP contribution in [0.25, 0.3) is 11.5 Å². The van der Waals surface area contributed by atoms with Crippen LogP contribution < -0.4 is 0 Å². The lowest BCUT2D eigenvalue weighted by atomic mass is 10.2. The second kappa shape index (κ2) is 3.46. The lowest BCUT2D eigenvalue weighted by molar-refractivity contribution is 0.436. The summed E-state index contributed by atoms with van der Waals surface area (Å²) in [5.41, 5.74) is 0.836. The fourth-order valence-corrected chi connectivity index (χ4v) is 1.53. The van der Waals surface area contributed by atoms with Gasteiger partial charge in [-0.25, -0.2) is 0 Å². The van der Waals surface area contributed by atoms with Gasteiger partial charge in [0.1, 0.15) is 0 Å². The number of hydrogen-bond donors (Lipinski definition) is 1. The van der Waals surface area contributed by atoms with Crippen molar-refractivity contribution in [2.75, 3.05) is 0 Å². The third kappa shape index (κ3) is 1.65. The highest BCUT2D eigenvalue weighted by Gasteiger charge is 2.09. The SMILES string of the molecule is Cc1oc(-c2cccc(Br)c2)nc1O. The van der Waals surface area contributed by atoms with Gasteiger partial charge in [0, 0.05) is 10.0 Å². The average molecular weight is 254 g/mol. The molecule has 0 bridgehead atoms. The van der Waals surface area contributed by atoms with Crippen molar-refractivity contribution in [3.05, 3.63) is 34.5 Å². The van der Waals surface area contributed by atoms with E-state index in [4.69, 9.17) is 4.42 Å². The molecule has 0 aliphatic heterocycles.